The molecule has 20 heavy (non-hydrogen) atoms. The summed E-state index contributed by atoms with van der Waals surface area (Å²) in [5, 5.41) is 9.03. The molecule has 1 aromatic rings. The normalized spacial score (nSPS) is 19.0. The Balaban J connectivity index is 2.10. The molecule has 1 unspecified atom stereocenters. The number of hydrogen-bond acceptors (Lipinski definition) is 2. The maximum atomic E-state index is 12.3. The van der Waals surface area contributed by atoms with Gasteiger partial charge in [0.15, 0.2) is 0 Å². The van der Waals surface area contributed by atoms with Crippen molar-refractivity contribution in [3.05, 3.63) is 41.5 Å². The minimum atomic E-state index is 0.0595. The van der Waals surface area contributed by atoms with Gasteiger partial charge in [-0.25, -0.2) is 0 Å². The summed E-state index contributed by atoms with van der Waals surface area (Å²) in [6.07, 6.45) is 7.76. The van der Waals surface area contributed by atoms with Crippen LogP contribution in [0.2, 0.25) is 0 Å². The minimum absolute atomic E-state index is 0.0595. The lowest BCUT2D eigenvalue weighted by molar-refractivity contribution is -0.129. The van der Waals surface area contributed by atoms with E-state index in [4.69, 9.17) is 5.26 Å². The molecule has 1 aliphatic heterocycles. The van der Waals surface area contributed by atoms with Crippen LogP contribution in [0.5, 0.6) is 0 Å². The van der Waals surface area contributed by atoms with Gasteiger partial charge in [0.1, 0.15) is 0 Å². The second-order valence-electron chi connectivity index (χ2n) is 5.12. The third-order valence-corrected chi connectivity index (χ3v) is 3.87. The molecule has 1 heterocycles. The molecule has 0 aromatic heterocycles. The average Bonchev–Trinajstić information content (AvgIpc) is 2.52. The number of carbonyl (C=O) groups is 1. The number of nitriles is 1. The van der Waals surface area contributed by atoms with Crippen molar-refractivity contribution in [2.75, 3.05) is 6.54 Å². The van der Waals surface area contributed by atoms with Gasteiger partial charge in [0.2, 0.25) is 5.91 Å². The Labute approximate surface area is 120 Å². The van der Waals surface area contributed by atoms with Crippen LogP contribution < -0.4 is 0 Å². The zero-order chi connectivity index (χ0) is 14.4. The molecule has 104 valence electrons. The van der Waals surface area contributed by atoms with Gasteiger partial charge in [-0.3, -0.25) is 4.79 Å². The van der Waals surface area contributed by atoms with E-state index in [-0.39, 0.29) is 5.91 Å². The van der Waals surface area contributed by atoms with Crippen molar-refractivity contribution in [2.45, 2.75) is 38.6 Å². The Morgan fingerprint density at radius 2 is 2.25 bits per heavy atom. The average molecular weight is 268 g/mol. The summed E-state index contributed by atoms with van der Waals surface area (Å²) in [5.41, 5.74) is 1.40. The largest absolute Gasteiger partial charge is 0.336 e. The van der Waals surface area contributed by atoms with Crippen LogP contribution in [0.4, 0.5) is 0 Å². The molecule has 1 saturated heterocycles. The van der Waals surface area contributed by atoms with E-state index in [1.807, 2.05) is 23.1 Å². The summed E-state index contributed by atoms with van der Waals surface area (Å²) in [5.74, 6) is 0.0595. The first-order chi connectivity index (χ1) is 9.76. The highest BCUT2D eigenvalue weighted by Crippen LogP contribution is 2.20. The Kier molecular flexibility index (Phi) is 4.95. The van der Waals surface area contributed by atoms with E-state index < -0.39 is 0 Å². The van der Waals surface area contributed by atoms with Gasteiger partial charge in [-0.05, 0) is 43.4 Å². The molecule has 1 amide bonds. The van der Waals surface area contributed by atoms with Gasteiger partial charge >= 0.3 is 0 Å². The van der Waals surface area contributed by atoms with E-state index >= 15 is 0 Å². The highest BCUT2D eigenvalue weighted by molar-refractivity contribution is 5.92. The monoisotopic (exact) mass is 268 g/mol. The molecular formula is C17H20N2O. The summed E-state index contributed by atoms with van der Waals surface area (Å²) in [4.78, 5) is 14.3. The van der Waals surface area contributed by atoms with E-state index in [2.05, 4.69) is 13.0 Å². The van der Waals surface area contributed by atoms with Crippen molar-refractivity contribution in [1.29, 1.82) is 5.26 Å². The number of hydrogen-bond donors (Lipinski definition) is 0. The Bertz CT molecular complexity index is 542. The van der Waals surface area contributed by atoms with Crippen molar-refractivity contribution in [3.63, 3.8) is 0 Å². The third-order valence-electron chi connectivity index (χ3n) is 3.87. The molecule has 0 N–H and O–H groups in total. The standard InChI is InChI=1S/C17H20N2O/c1-2-16-9-5-6-12-19(16)17(20)11-10-14-7-3-4-8-15(14)13-18/h3-4,7-8,10-11,16H,2,5-6,9,12H2,1H3/b11-10+. The van der Waals surface area contributed by atoms with Gasteiger partial charge in [-0.1, -0.05) is 25.1 Å². The molecule has 3 heteroatoms. The number of carbonyl (C=O) groups excluding carboxylic acids is 1. The van der Waals surface area contributed by atoms with E-state index in [1.54, 1.807) is 18.2 Å². The summed E-state index contributed by atoms with van der Waals surface area (Å²) in [6, 6.07) is 9.84. The molecule has 0 saturated carbocycles. The Morgan fingerprint density at radius 1 is 1.45 bits per heavy atom. The molecule has 1 aromatic carbocycles. The third kappa shape index (κ3) is 3.27. The smallest absolute Gasteiger partial charge is 0.246 e. The van der Waals surface area contributed by atoms with Crippen molar-refractivity contribution < 1.29 is 4.79 Å². The van der Waals surface area contributed by atoms with Crippen molar-refractivity contribution in [1.82, 2.24) is 4.90 Å². The number of benzene rings is 1. The summed E-state index contributed by atoms with van der Waals surface area (Å²) in [6.45, 7) is 2.98. The first kappa shape index (κ1) is 14.3. The first-order valence-corrected chi connectivity index (χ1v) is 7.24. The van der Waals surface area contributed by atoms with E-state index in [0.29, 0.717) is 11.6 Å². The fourth-order valence-corrected chi connectivity index (χ4v) is 2.72. The van der Waals surface area contributed by atoms with Gasteiger partial charge in [0, 0.05) is 18.7 Å². The minimum Gasteiger partial charge on any atom is -0.336 e. The predicted molar refractivity (Wildman–Crippen MR) is 79.8 cm³/mol. The predicted octanol–water partition coefficient (Wildman–Crippen LogP) is 3.36. The highest BCUT2D eigenvalue weighted by atomic mass is 16.2. The number of piperidine rings is 1. The van der Waals surface area contributed by atoms with E-state index in [1.165, 1.54) is 6.42 Å². The fourth-order valence-electron chi connectivity index (χ4n) is 2.72. The van der Waals surface area contributed by atoms with Gasteiger partial charge < -0.3 is 4.90 Å². The lowest BCUT2D eigenvalue weighted by atomic mass is 10.00. The first-order valence-electron chi connectivity index (χ1n) is 7.24. The highest BCUT2D eigenvalue weighted by Gasteiger charge is 2.23. The lowest BCUT2D eigenvalue weighted by Gasteiger charge is -2.34. The number of nitrogens with zero attached hydrogens (tertiary/aromatic N) is 2. The van der Waals surface area contributed by atoms with Crippen LogP contribution in [0.3, 0.4) is 0 Å². The molecule has 1 aliphatic rings. The van der Waals surface area contributed by atoms with Gasteiger partial charge in [0.25, 0.3) is 0 Å². The van der Waals surface area contributed by atoms with Crippen LogP contribution in [0.25, 0.3) is 6.08 Å². The fraction of sp³-hybridized carbons (Fsp3) is 0.412. The molecule has 2 rings (SSSR count). The van der Waals surface area contributed by atoms with E-state index in [9.17, 15) is 4.79 Å². The zero-order valence-electron chi connectivity index (χ0n) is 11.9. The second-order valence-corrected chi connectivity index (χ2v) is 5.12. The molecule has 1 atom stereocenters. The maximum Gasteiger partial charge on any atom is 0.246 e. The summed E-state index contributed by atoms with van der Waals surface area (Å²) >= 11 is 0. The van der Waals surface area contributed by atoms with Crippen LogP contribution >= 0.6 is 0 Å². The zero-order valence-corrected chi connectivity index (χ0v) is 11.9. The van der Waals surface area contributed by atoms with Crippen LogP contribution in [0, 0.1) is 11.3 Å². The quantitative estimate of drug-likeness (QED) is 0.789. The summed E-state index contributed by atoms with van der Waals surface area (Å²) in [7, 11) is 0. The lowest BCUT2D eigenvalue weighted by Crippen LogP contribution is -2.42. The van der Waals surface area contributed by atoms with Gasteiger partial charge in [-0.2, -0.15) is 5.26 Å². The topological polar surface area (TPSA) is 44.1 Å². The number of likely N-dealkylation sites (tertiary alicyclic amines) is 1. The molecule has 0 spiro atoms. The molecule has 1 fully saturated rings. The Hall–Kier alpha value is -2.08. The summed E-state index contributed by atoms with van der Waals surface area (Å²) < 4.78 is 0. The second kappa shape index (κ2) is 6.91. The van der Waals surface area contributed by atoms with Gasteiger partial charge in [0.05, 0.1) is 11.6 Å². The number of rotatable bonds is 3. The number of amides is 1. The van der Waals surface area contributed by atoms with Gasteiger partial charge in [-0.15, -0.1) is 0 Å². The molecule has 3 nitrogen and oxygen atoms in total. The van der Waals surface area contributed by atoms with Crippen LogP contribution in [0.15, 0.2) is 30.3 Å². The molecule has 0 aliphatic carbocycles. The van der Waals surface area contributed by atoms with Crippen molar-refractivity contribution >= 4 is 12.0 Å². The maximum absolute atomic E-state index is 12.3. The van der Waals surface area contributed by atoms with Crippen molar-refractivity contribution in [2.24, 2.45) is 0 Å². The van der Waals surface area contributed by atoms with E-state index in [0.717, 1.165) is 31.4 Å². The van der Waals surface area contributed by atoms with Crippen LogP contribution in [-0.4, -0.2) is 23.4 Å². The Morgan fingerprint density at radius 3 is 3.00 bits per heavy atom. The molecular weight excluding hydrogens is 248 g/mol. The van der Waals surface area contributed by atoms with Crippen LogP contribution in [0.1, 0.15) is 43.7 Å². The molecule has 0 bridgehead atoms. The SMILES string of the molecule is CCC1CCCCN1C(=O)/C=C/c1ccccc1C#N. The molecule has 0 radical (unpaired) electrons. The van der Waals surface area contributed by atoms with Crippen LogP contribution in [-0.2, 0) is 4.79 Å². The van der Waals surface area contributed by atoms with Crippen molar-refractivity contribution in [3.8, 4) is 6.07 Å².